The summed E-state index contributed by atoms with van der Waals surface area (Å²) in [4.78, 5) is 33.1. The first-order chi connectivity index (χ1) is 34.6. The van der Waals surface area contributed by atoms with Gasteiger partial charge in [-0.05, 0) is 139 Å². The van der Waals surface area contributed by atoms with Crippen molar-refractivity contribution in [2.24, 2.45) is 0 Å². The molecule has 6 heteroatoms. The SMILES string of the molecule is O=C1c2ccc(-c3ccccc3C#Cc3ccccc3-n3c4ccc(N(c5ccccc5)c5ccccc5)cc4c4cc(N(c5ccccc5)c5ccccc5)ccc43)cc2C(=O)N1c1ccccc1. The first kappa shape index (κ1) is 41.7. The Morgan fingerprint density at radius 2 is 0.757 bits per heavy atom. The largest absolute Gasteiger partial charge is 0.310 e. The molecule has 0 spiro atoms. The molecular weight excluding hydrogens is 857 g/mol. The van der Waals surface area contributed by atoms with Crippen LogP contribution >= 0.6 is 0 Å². The summed E-state index contributed by atoms with van der Waals surface area (Å²) in [6.45, 7) is 0. The maximum Gasteiger partial charge on any atom is 0.266 e. The average Bonchev–Trinajstić information content (AvgIpc) is 3.88. The molecule has 0 atom stereocenters. The van der Waals surface area contributed by atoms with Gasteiger partial charge in [0.15, 0.2) is 0 Å². The molecule has 330 valence electrons. The minimum Gasteiger partial charge on any atom is -0.310 e. The predicted molar refractivity (Wildman–Crippen MR) is 286 cm³/mol. The van der Waals surface area contributed by atoms with Crippen molar-refractivity contribution < 1.29 is 9.59 Å². The Morgan fingerprint density at radius 3 is 1.29 bits per heavy atom. The Balaban J connectivity index is 1.01. The first-order valence-electron chi connectivity index (χ1n) is 23.3. The summed E-state index contributed by atoms with van der Waals surface area (Å²) in [6.07, 6.45) is 0. The lowest BCUT2D eigenvalue weighted by Crippen LogP contribution is -2.29. The van der Waals surface area contributed by atoms with Gasteiger partial charge in [0.1, 0.15) is 0 Å². The number of imide groups is 1. The Bertz CT molecular complexity index is 3600. The molecule has 0 bridgehead atoms. The second kappa shape index (κ2) is 17.8. The van der Waals surface area contributed by atoms with Crippen LogP contribution in [0.15, 0.2) is 255 Å². The van der Waals surface area contributed by atoms with Crippen molar-refractivity contribution in [3.05, 3.63) is 277 Å². The molecule has 10 aromatic carbocycles. The molecule has 0 N–H and O–H groups in total. The lowest BCUT2D eigenvalue weighted by atomic mass is 9.96. The van der Waals surface area contributed by atoms with Gasteiger partial charge in [-0.1, -0.05) is 139 Å². The highest BCUT2D eigenvalue weighted by atomic mass is 16.2. The highest BCUT2D eigenvalue weighted by molar-refractivity contribution is 6.34. The van der Waals surface area contributed by atoms with E-state index in [1.807, 2.05) is 84.9 Å². The number of benzene rings is 10. The number of aromatic nitrogens is 1. The number of fused-ring (bicyclic) bond motifs is 4. The van der Waals surface area contributed by atoms with Crippen molar-refractivity contribution in [1.82, 2.24) is 4.57 Å². The molecule has 12 rings (SSSR count). The molecule has 0 radical (unpaired) electrons. The van der Waals surface area contributed by atoms with E-state index in [1.54, 1.807) is 18.2 Å². The number of carbonyl (C=O) groups is 2. The molecule has 0 saturated heterocycles. The van der Waals surface area contributed by atoms with Gasteiger partial charge in [0, 0.05) is 56.0 Å². The van der Waals surface area contributed by atoms with Crippen molar-refractivity contribution in [3.63, 3.8) is 0 Å². The number of para-hydroxylation sites is 6. The summed E-state index contributed by atoms with van der Waals surface area (Å²) in [7, 11) is 0. The normalized spacial score (nSPS) is 11.9. The quantitative estimate of drug-likeness (QED) is 0.107. The van der Waals surface area contributed by atoms with Gasteiger partial charge in [-0.25, -0.2) is 4.90 Å². The van der Waals surface area contributed by atoms with Crippen LogP contribution in [0.25, 0.3) is 38.6 Å². The van der Waals surface area contributed by atoms with Crippen LogP contribution in [-0.2, 0) is 0 Å². The molecule has 1 aromatic heterocycles. The monoisotopic (exact) mass is 898 g/mol. The third kappa shape index (κ3) is 7.45. The van der Waals surface area contributed by atoms with Gasteiger partial charge in [0.05, 0.1) is 33.5 Å². The second-order valence-electron chi connectivity index (χ2n) is 17.1. The summed E-state index contributed by atoms with van der Waals surface area (Å²) in [5, 5.41) is 2.19. The lowest BCUT2D eigenvalue weighted by molar-refractivity contribution is 0.0926. The molecule has 1 aliphatic rings. The predicted octanol–water partition coefficient (Wildman–Crippen LogP) is 15.6. The van der Waals surface area contributed by atoms with Crippen molar-refractivity contribution in [2.75, 3.05) is 14.7 Å². The van der Waals surface area contributed by atoms with E-state index in [0.29, 0.717) is 16.8 Å². The molecular formula is C64H42N4O2. The Morgan fingerprint density at radius 1 is 0.329 bits per heavy atom. The average molecular weight is 899 g/mol. The van der Waals surface area contributed by atoms with Crippen LogP contribution in [0, 0.1) is 11.8 Å². The molecule has 0 fully saturated rings. The van der Waals surface area contributed by atoms with Crippen molar-refractivity contribution in [2.45, 2.75) is 0 Å². The minimum absolute atomic E-state index is 0.325. The summed E-state index contributed by atoms with van der Waals surface area (Å²) >= 11 is 0. The van der Waals surface area contributed by atoms with E-state index in [2.05, 4.69) is 178 Å². The number of rotatable bonds is 9. The third-order valence-corrected chi connectivity index (χ3v) is 12.9. The van der Waals surface area contributed by atoms with Crippen LogP contribution in [0.1, 0.15) is 31.8 Å². The third-order valence-electron chi connectivity index (χ3n) is 12.9. The first-order valence-corrected chi connectivity index (χ1v) is 23.3. The molecule has 0 unspecified atom stereocenters. The zero-order chi connectivity index (χ0) is 47.0. The highest BCUT2D eigenvalue weighted by Gasteiger charge is 2.37. The lowest BCUT2D eigenvalue weighted by Gasteiger charge is -2.26. The fraction of sp³-hybridized carbons (Fsp3) is 0. The van der Waals surface area contributed by atoms with Crippen LogP contribution in [0.4, 0.5) is 39.8 Å². The number of nitrogens with zero attached hydrogens (tertiary/aromatic N) is 4. The van der Waals surface area contributed by atoms with Gasteiger partial charge in [-0.2, -0.15) is 0 Å². The van der Waals surface area contributed by atoms with Crippen molar-refractivity contribution in [3.8, 4) is 28.7 Å². The second-order valence-corrected chi connectivity index (χ2v) is 17.1. The summed E-state index contributed by atoms with van der Waals surface area (Å²) < 4.78 is 2.33. The maximum absolute atomic E-state index is 13.8. The zero-order valence-corrected chi connectivity index (χ0v) is 37.9. The molecule has 0 aliphatic carbocycles. The zero-order valence-electron chi connectivity index (χ0n) is 37.9. The smallest absolute Gasteiger partial charge is 0.266 e. The van der Waals surface area contributed by atoms with Crippen molar-refractivity contribution >= 4 is 73.4 Å². The van der Waals surface area contributed by atoms with Crippen molar-refractivity contribution in [1.29, 1.82) is 0 Å². The van der Waals surface area contributed by atoms with Gasteiger partial charge in [-0.3, -0.25) is 9.59 Å². The van der Waals surface area contributed by atoms with Gasteiger partial charge >= 0.3 is 0 Å². The topological polar surface area (TPSA) is 48.8 Å². The number of carbonyl (C=O) groups excluding carboxylic acids is 2. The van der Waals surface area contributed by atoms with E-state index in [1.165, 1.54) is 4.90 Å². The number of hydrogen-bond acceptors (Lipinski definition) is 4. The fourth-order valence-corrected chi connectivity index (χ4v) is 9.71. The van der Waals surface area contributed by atoms with E-state index < -0.39 is 0 Å². The van der Waals surface area contributed by atoms with Crippen LogP contribution in [-0.4, -0.2) is 16.4 Å². The standard InChI is InChI=1S/C64H42N4O2/c69-63-56-39-36-47(42-59(56)64(70)67(63)52-30-14-5-15-31-52)55-32-18-16-20-45(55)34-35-46-21-17-19-33-60(46)68-61-40-37-53(65(48-22-6-1-7-23-48)49-24-8-2-9-25-49)43-57(61)58-44-54(38-41-62(58)68)66(50-26-10-3-11-27-50)51-28-12-4-13-29-51/h1-33,36-44H. The van der Waals surface area contributed by atoms with Gasteiger partial charge in [0.2, 0.25) is 0 Å². The van der Waals surface area contributed by atoms with E-state index in [4.69, 9.17) is 0 Å². The van der Waals surface area contributed by atoms with E-state index in [-0.39, 0.29) is 11.8 Å². The molecule has 0 saturated carbocycles. The Kier molecular flexibility index (Phi) is 10.6. The summed E-state index contributed by atoms with van der Waals surface area (Å²) in [5.41, 5.74) is 14.0. The van der Waals surface area contributed by atoms with Gasteiger partial charge in [0.25, 0.3) is 11.8 Å². The summed E-state index contributed by atoms with van der Waals surface area (Å²) in [5.74, 6) is 6.45. The van der Waals surface area contributed by atoms with E-state index in [9.17, 15) is 9.59 Å². The van der Waals surface area contributed by atoms with E-state index in [0.717, 1.165) is 83.9 Å². The number of hydrogen-bond donors (Lipinski definition) is 0. The number of amides is 2. The van der Waals surface area contributed by atoms with Crippen LogP contribution < -0.4 is 14.7 Å². The molecule has 1 aliphatic heterocycles. The molecule has 6 nitrogen and oxygen atoms in total. The Labute approximate surface area is 406 Å². The molecule has 70 heavy (non-hydrogen) atoms. The fourth-order valence-electron chi connectivity index (χ4n) is 9.71. The van der Waals surface area contributed by atoms with Gasteiger partial charge in [-0.15, -0.1) is 0 Å². The maximum atomic E-state index is 13.8. The molecule has 11 aromatic rings. The van der Waals surface area contributed by atoms with Gasteiger partial charge < -0.3 is 14.4 Å². The molecule has 2 amide bonds. The minimum atomic E-state index is -0.336. The summed E-state index contributed by atoms with van der Waals surface area (Å²) in [6, 6.07) is 86.3. The molecule has 2 heterocycles. The van der Waals surface area contributed by atoms with Crippen LogP contribution in [0.5, 0.6) is 0 Å². The number of anilines is 7. The highest BCUT2D eigenvalue weighted by Crippen LogP contribution is 2.43. The van der Waals surface area contributed by atoms with Crippen LogP contribution in [0.3, 0.4) is 0 Å². The Hall–Kier alpha value is -9.70. The van der Waals surface area contributed by atoms with E-state index >= 15 is 0 Å². The van der Waals surface area contributed by atoms with Crippen LogP contribution in [0.2, 0.25) is 0 Å².